The fourth-order valence-corrected chi connectivity index (χ4v) is 2.46. The number of hydrogen-bond donors (Lipinski definition) is 1. The zero-order chi connectivity index (χ0) is 12.3. The van der Waals surface area contributed by atoms with Gasteiger partial charge in [-0.1, -0.05) is 12.1 Å². The van der Waals surface area contributed by atoms with E-state index in [1.165, 1.54) is 12.1 Å². The summed E-state index contributed by atoms with van der Waals surface area (Å²) < 4.78 is 18.0. The lowest BCUT2D eigenvalue weighted by atomic mass is 10.0. The SMILES string of the molecule is COCCN1CC[C@@H](N)[C@@H]1c1ccc(F)cc1. The van der Waals surface area contributed by atoms with Crippen LogP contribution in [0.15, 0.2) is 24.3 Å². The number of halogens is 1. The van der Waals surface area contributed by atoms with E-state index in [4.69, 9.17) is 10.5 Å². The number of likely N-dealkylation sites (tertiary alicyclic amines) is 1. The average molecular weight is 238 g/mol. The zero-order valence-corrected chi connectivity index (χ0v) is 10.1. The second-order valence-electron chi connectivity index (χ2n) is 4.48. The summed E-state index contributed by atoms with van der Waals surface area (Å²) in [7, 11) is 1.70. The summed E-state index contributed by atoms with van der Waals surface area (Å²) in [6, 6.07) is 6.95. The van der Waals surface area contributed by atoms with Gasteiger partial charge >= 0.3 is 0 Å². The van der Waals surface area contributed by atoms with Crippen LogP contribution in [-0.2, 0) is 4.74 Å². The molecule has 17 heavy (non-hydrogen) atoms. The maximum absolute atomic E-state index is 12.9. The van der Waals surface area contributed by atoms with Crippen molar-refractivity contribution >= 4 is 0 Å². The Hall–Kier alpha value is -0.970. The third-order valence-electron chi connectivity index (χ3n) is 3.34. The van der Waals surface area contributed by atoms with Gasteiger partial charge in [0.25, 0.3) is 0 Å². The van der Waals surface area contributed by atoms with Crippen LogP contribution in [0.4, 0.5) is 4.39 Å². The molecule has 94 valence electrons. The van der Waals surface area contributed by atoms with Gasteiger partial charge in [-0.15, -0.1) is 0 Å². The molecule has 1 aliphatic heterocycles. The number of benzene rings is 1. The van der Waals surface area contributed by atoms with Gasteiger partial charge in [0.15, 0.2) is 0 Å². The Labute approximate surface area is 101 Å². The van der Waals surface area contributed by atoms with Crippen molar-refractivity contribution in [2.24, 2.45) is 5.73 Å². The molecule has 0 bridgehead atoms. The molecule has 3 nitrogen and oxygen atoms in total. The lowest BCUT2D eigenvalue weighted by Crippen LogP contribution is -2.33. The molecule has 2 rings (SSSR count). The smallest absolute Gasteiger partial charge is 0.123 e. The molecule has 0 radical (unpaired) electrons. The zero-order valence-electron chi connectivity index (χ0n) is 10.1. The van der Waals surface area contributed by atoms with E-state index in [1.807, 2.05) is 12.1 Å². The van der Waals surface area contributed by atoms with E-state index in [0.29, 0.717) is 6.61 Å². The van der Waals surface area contributed by atoms with Crippen LogP contribution in [0.1, 0.15) is 18.0 Å². The van der Waals surface area contributed by atoms with Crippen LogP contribution in [-0.4, -0.2) is 37.7 Å². The van der Waals surface area contributed by atoms with Gasteiger partial charge in [0.1, 0.15) is 5.82 Å². The van der Waals surface area contributed by atoms with E-state index in [-0.39, 0.29) is 17.9 Å². The predicted octanol–water partition coefficient (Wildman–Crippen LogP) is 1.55. The summed E-state index contributed by atoms with van der Waals surface area (Å²) in [4.78, 5) is 2.31. The van der Waals surface area contributed by atoms with E-state index >= 15 is 0 Å². The average Bonchev–Trinajstić information content (AvgIpc) is 2.69. The second kappa shape index (κ2) is 5.58. The van der Waals surface area contributed by atoms with Crippen molar-refractivity contribution in [1.82, 2.24) is 4.90 Å². The van der Waals surface area contributed by atoms with Gasteiger partial charge in [-0.2, -0.15) is 0 Å². The Morgan fingerprint density at radius 3 is 2.76 bits per heavy atom. The number of nitrogens with zero attached hydrogens (tertiary/aromatic N) is 1. The molecular formula is C13H19FN2O. The largest absolute Gasteiger partial charge is 0.383 e. The highest BCUT2D eigenvalue weighted by molar-refractivity contribution is 5.23. The van der Waals surface area contributed by atoms with Crippen molar-refractivity contribution in [3.8, 4) is 0 Å². The van der Waals surface area contributed by atoms with Crippen molar-refractivity contribution in [3.05, 3.63) is 35.6 Å². The van der Waals surface area contributed by atoms with Crippen molar-refractivity contribution in [2.75, 3.05) is 26.8 Å². The van der Waals surface area contributed by atoms with Crippen LogP contribution in [0.5, 0.6) is 0 Å². The van der Waals surface area contributed by atoms with Crippen molar-refractivity contribution < 1.29 is 9.13 Å². The number of rotatable bonds is 4. The molecule has 1 aliphatic rings. The highest BCUT2D eigenvalue weighted by Gasteiger charge is 2.32. The van der Waals surface area contributed by atoms with Crippen LogP contribution in [0.2, 0.25) is 0 Å². The molecular weight excluding hydrogens is 219 g/mol. The van der Waals surface area contributed by atoms with Gasteiger partial charge < -0.3 is 10.5 Å². The Kier molecular flexibility index (Phi) is 4.10. The Morgan fingerprint density at radius 2 is 2.12 bits per heavy atom. The molecule has 0 aliphatic carbocycles. The van der Waals surface area contributed by atoms with Crippen LogP contribution >= 0.6 is 0 Å². The van der Waals surface area contributed by atoms with E-state index in [2.05, 4.69) is 4.90 Å². The molecule has 1 heterocycles. The molecule has 0 spiro atoms. The molecule has 0 saturated carbocycles. The summed E-state index contributed by atoms with van der Waals surface area (Å²) in [5, 5.41) is 0. The molecule has 0 aromatic heterocycles. The minimum absolute atomic E-state index is 0.123. The van der Waals surface area contributed by atoms with Crippen LogP contribution in [0.3, 0.4) is 0 Å². The first-order valence-corrected chi connectivity index (χ1v) is 5.96. The quantitative estimate of drug-likeness (QED) is 0.865. The first kappa shape index (κ1) is 12.5. The first-order valence-electron chi connectivity index (χ1n) is 5.96. The van der Waals surface area contributed by atoms with Gasteiger partial charge in [-0.3, -0.25) is 4.90 Å². The van der Waals surface area contributed by atoms with Crippen LogP contribution in [0, 0.1) is 5.82 Å². The summed E-state index contributed by atoms with van der Waals surface area (Å²) in [6.07, 6.45) is 0.978. The third kappa shape index (κ3) is 2.83. The molecule has 1 fully saturated rings. The molecule has 2 atom stereocenters. The van der Waals surface area contributed by atoms with E-state index in [1.54, 1.807) is 7.11 Å². The molecule has 0 amide bonds. The minimum atomic E-state index is -0.205. The monoisotopic (exact) mass is 238 g/mol. The summed E-state index contributed by atoms with van der Waals surface area (Å²) in [6.45, 7) is 2.54. The molecule has 4 heteroatoms. The fourth-order valence-electron chi connectivity index (χ4n) is 2.46. The van der Waals surface area contributed by atoms with E-state index < -0.39 is 0 Å². The Morgan fingerprint density at radius 1 is 1.41 bits per heavy atom. The summed E-state index contributed by atoms with van der Waals surface area (Å²) >= 11 is 0. The summed E-state index contributed by atoms with van der Waals surface area (Å²) in [5.74, 6) is -0.205. The van der Waals surface area contributed by atoms with E-state index in [9.17, 15) is 4.39 Å². The number of hydrogen-bond acceptors (Lipinski definition) is 3. The maximum Gasteiger partial charge on any atom is 0.123 e. The first-order chi connectivity index (χ1) is 8.22. The highest BCUT2D eigenvalue weighted by atomic mass is 19.1. The topological polar surface area (TPSA) is 38.5 Å². The van der Waals surface area contributed by atoms with Gasteiger partial charge in [0, 0.05) is 26.2 Å². The number of ether oxygens (including phenoxy) is 1. The molecule has 0 unspecified atom stereocenters. The Bertz CT molecular complexity index is 355. The van der Waals surface area contributed by atoms with Crippen molar-refractivity contribution in [3.63, 3.8) is 0 Å². The van der Waals surface area contributed by atoms with Crippen LogP contribution in [0.25, 0.3) is 0 Å². The maximum atomic E-state index is 12.9. The molecule has 1 aromatic carbocycles. The minimum Gasteiger partial charge on any atom is -0.383 e. The number of methoxy groups -OCH3 is 1. The van der Waals surface area contributed by atoms with Crippen LogP contribution < -0.4 is 5.73 Å². The molecule has 1 saturated heterocycles. The van der Waals surface area contributed by atoms with Crippen molar-refractivity contribution in [2.45, 2.75) is 18.5 Å². The fraction of sp³-hybridized carbons (Fsp3) is 0.538. The highest BCUT2D eigenvalue weighted by Crippen LogP contribution is 2.30. The normalized spacial score (nSPS) is 25.4. The van der Waals surface area contributed by atoms with Gasteiger partial charge in [0.05, 0.1) is 12.6 Å². The Balaban J connectivity index is 2.12. The van der Waals surface area contributed by atoms with Gasteiger partial charge in [0.2, 0.25) is 0 Å². The molecule has 1 aromatic rings. The summed E-state index contributed by atoms with van der Waals surface area (Å²) in [5.41, 5.74) is 7.23. The predicted molar refractivity (Wildman–Crippen MR) is 65.2 cm³/mol. The standard InChI is InChI=1S/C13H19FN2O/c1-17-9-8-16-7-6-12(15)13(16)10-2-4-11(14)5-3-10/h2-5,12-13H,6-9,15H2,1H3/t12-,13+/m1/s1. The lowest BCUT2D eigenvalue weighted by Gasteiger charge is -2.26. The van der Waals surface area contributed by atoms with Crippen molar-refractivity contribution in [1.29, 1.82) is 0 Å². The number of nitrogens with two attached hydrogens (primary N) is 1. The lowest BCUT2D eigenvalue weighted by molar-refractivity contribution is 0.139. The molecule has 2 N–H and O–H groups in total. The van der Waals surface area contributed by atoms with Gasteiger partial charge in [-0.05, 0) is 24.1 Å². The third-order valence-corrected chi connectivity index (χ3v) is 3.34. The van der Waals surface area contributed by atoms with E-state index in [0.717, 1.165) is 25.1 Å². The second-order valence-corrected chi connectivity index (χ2v) is 4.48. The van der Waals surface area contributed by atoms with Gasteiger partial charge in [-0.25, -0.2) is 4.39 Å².